The van der Waals surface area contributed by atoms with E-state index in [-0.39, 0.29) is 16.9 Å². The number of Topliss-reactive ketones (excluding diaryl/α,β-unsaturated/α-hetero) is 1. The highest BCUT2D eigenvalue weighted by Gasteiger charge is 2.45. The zero-order chi connectivity index (χ0) is 22.0. The minimum absolute atomic E-state index is 0.00469. The molecule has 1 aliphatic rings. The van der Waals surface area contributed by atoms with Crippen LogP contribution in [0.15, 0.2) is 48.0 Å². The van der Waals surface area contributed by atoms with Crippen molar-refractivity contribution in [2.45, 2.75) is 13.0 Å². The zero-order valence-corrected chi connectivity index (χ0v) is 17.5. The summed E-state index contributed by atoms with van der Waals surface area (Å²) in [5, 5.41) is 11.0. The first-order chi connectivity index (χ1) is 14.2. The lowest BCUT2D eigenvalue weighted by atomic mass is 9.94. The lowest BCUT2D eigenvalue weighted by Gasteiger charge is -2.26. The van der Waals surface area contributed by atoms with Crippen LogP contribution in [-0.2, 0) is 9.59 Å². The zero-order valence-electron chi connectivity index (χ0n) is 17.5. The summed E-state index contributed by atoms with van der Waals surface area (Å²) < 4.78 is 18.9. The number of ketones is 1. The molecule has 6 nitrogen and oxygen atoms in total. The molecule has 0 aliphatic carbocycles. The summed E-state index contributed by atoms with van der Waals surface area (Å²) in [5.74, 6) is -1.51. The molecular weight excluding hydrogens is 387 g/mol. The summed E-state index contributed by atoms with van der Waals surface area (Å²) in [6.07, 6.45) is 0. The molecule has 0 spiro atoms. The van der Waals surface area contributed by atoms with Gasteiger partial charge < -0.3 is 19.6 Å². The summed E-state index contributed by atoms with van der Waals surface area (Å²) in [5.41, 5.74) is 1.30. The molecule has 2 aromatic carbocycles. The molecule has 1 unspecified atom stereocenters. The summed E-state index contributed by atoms with van der Waals surface area (Å²) in [6.45, 7) is 2.44. The van der Waals surface area contributed by atoms with Gasteiger partial charge in [0.15, 0.2) is 0 Å². The summed E-state index contributed by atoms with van der Waals surface area (Å²) in [6, 6.07) is 10.4. The number of carbonyl (C=O) groups is 2. The molecule has 7 heteroatoms. The Morgan fingerprint density at radius 2 is 1.83 bits per heavy atom. The van der Waals surface area contributed by atoms with Gasteiger partial charge in [0.1, 0.15) is 17.3 Å². The third kappa shape index (κ3) is 4.07. The molecule has 2 aromatic rings. The maximum Gasteiger partial charge on any atom is 0.295 e. The third-order valence-electron chi connectivity index (χ3n) is 5.19. The Hall–Kier alpha value is -3.19. The summed E-state index contributed by atoms with van der Waals surface area (Å²) >= 11 is 0. The van der Waals surface area contributed by atoms with Gasteiger partial charge in [-0.05, 0) is 62.5 Å². The fraction of sp³-hybridized carbons (Fsp3) is 0.304. The highest BCUT2D eigenvalue weighted by Crippen LogP contribution is 2.39. The fourth-order valence-corrected chi connectivity index (χ4v) is 3.50. The number of nitrogens with zero attached hydrogens (tertiary/aromatic N) is 2. The van der Waals surface area contributed by atoms with Gasteiger partial charge in [0.2, 0.25) is 0 Å². The minimum atomic E-state index is -0.756. The Labute approximate surface area is 175 Å². The molecule has 1 saturated heterocycles. The molecular formula is C23H25FN2O4. The standard InChI is InChI=1S/C23H25FN2O4/c1-14-13-16(7-10-18(14)24)21(27)19-20(15-5-8-17(30-4)9-6-15)26(12-11-25(2)3)23(29)22(19)28/h5-10,13,20,27H,11-12H2,1-4H3/b21-19-. The van der Waals surface area contributed by atoms with Gasteiger partial charge in [0.05, 0.1) is 18.7 Å². The van der Waals surface area contributed by atoms with Crippen molar-refractivity contribution in [1.29, 1.82) is 0 Å². The molecule has 1 fully saturated rings. The van der Waals surface area contributed by atoms with Crippen LogP contribution in [0.3, 0.4) is 0 Å². The predicted octanol–water partition coefficient (Wildman–Crippen LogP) is 3.13. The van der Waals surface area contributed by atoms with Gasteiger partial charge >= 0.3 is 0 Å². The number of methoxy groups -OCH3 is 1. The van der Waals surface area contributed by atoms with E-state index >= 15 is 0 Å². The van der Waals surface area contributed by atoms with Crippen molar-refractivity contribution < 1.29 is 23.8 Å². The first kappa shape index (κ1) is 21.5. The first-order valence-electron chi connectivity index (χ1n) is 9.58. The number of hydrogen-bond acceptors (Lipinski definition) is 5. The number of likely N-dealkylation sites (tertiary alicyclic amines) is 1. The van der Waals surface area contributed by atoms with E-state index in [4.69, 9.17) is 4.74 Å². The van der Waals surface area contributed by atoms with Crippen LogP contribution >= 0.6 is 0 Å². The van der Waals surface area contributed by atoms with Crippen LogP contribution in [0.1, 0.15) is 22.7 Å². The second kappa shape index (κ2) is 8.67. The van der Waals surface area contributed by atoms with Gasteiger partial charge in [-0.15, -0.1) is 0 Å². The van der Waals surface area contributed by atoms with E-state index < -0.39 is 23.5 Å². The summed E-state index contributed by atoms with van der Waals surface area (Å²) in [4.78, 5) is 29.1. The lowest BCUT2D eigenvalue weighted by molar-refractivity contribution is -0.140. The van der Waals surface area contributed by atoms with E-state index in [2.05, 4.69) is 0 Å². The van der Waals surface area contributed by atoms with E-state index in [1.54, 1.807) is 38.3 Å². The van der Waals surface area contributed by atoms with Gasteiger partial charge in [-0.1, -0.05) is 12.1 Å². The first-order valence-corrected chi connectivity index (χ1v) is 9.58. The molecule has 30 heavy (non-hydrogen) atoms. The highest BCUT2D eigenvalue weighted by atomic mass is 19.1. The number of ether oxygens (including phenoxy) is 1. The Morgan fingerprint density at radius 3 is 2.40 bits per heavy atom. The Kier molecular flexibility index (Phi) is 6.22. The van der Waals surface area contributed by atoms with E-state index in [1.165, 1.54) is 23.1 Å². The number of halogens is 1. The normalized spacial score (nSPS) is 18.3. The van der Waals surface area contributed by atoms with Crippen LogP contribution < -0.4 is 4.74 Å². The van der Waals surface area contributed by atoms with E-state index in [1.807, 2.05) is 19.0 Å². The van der Waals surface area contributed by atoms with E-state index in [9.17, 15) is 19.1 Å². The number of aliphatic hydroxyl groups is 1. The maximum absolute atomic E-state index is 13.7. The molecule has 1 amide bonds. The molecule has 1 heterocycles. The number of likely N-dealkylation sites (N-methyl/N-ethyl adjacent to an activating group) is 1. The van der Waals surface area contributed by atoms with Gasteiger partial charge in [-0.3, -0.25) is 9.59 Å². The molecule has 1 N–H and O–H groups in total. The number of amides is 1. The number of benzene rings is 2. The minimum Gasteiger partial charge on any atom is -0.507 e. The van der Waals surface area contributed by atoms with Crippen molar-refractivity contribution in [3.63, 3.8) is 0 Å². The van der Waals surface area contributed by atoms with Crippen molar-refractivity contribution in [2.75, 3.05) is 34.3 Å². The number of aliphatic hydroxyl groups excluding tert-OH is 1. The van der Waals surface area contributed by atoms with E-state index in [0.717, 1.165) is 0 Å². The molecule has 0 aromatic heterocycles. The second-order valence-electron chi connectivity index (χ2n) is 7.53. The molecule has 158 valence electrons. The third-order valence-corrected chi connectivity index (χ3v) is 5.19. The maximum atomic E-state index is 13.7. The number of rotatable bonds is 6. The highest BCUT2D eigenvalue weighted by molar-refractivity contribution is 6.46. The van der Waals surface area contributed by atoms with Crippen molar-refractivity contribution in [3.05, 3.63) is 70.5 Å². The molecule has 1 atom stereocenters. The van der Waals surface area contributed by atoms with Crippen LogP contribution in [0.5, 0.6) is 5.75 Å². The monoisotopic (exact) mass is 412 g/mol. The van der Waals surface area contributed by atoms with Crippen molar-refractivity contribution in [1.82, 2.24) is 9.80 Å². The fourth-order valence-electron chi connectivity index (χ4n) is 3.50. The topological polar surface area (TPSA) is 70.1 Å². The number of hydrogen-bond donors (Lipinski definition) is 1. The Bertz CT molecular complexity index is 999. The molecule has 0 radical (unpaired) electrons. The predicted molar refractivity (Wildman–Crippen MR) is 112 cm³/mol. The average molecular weight is 412 g/mol. The molecule has 1 aliphatic heterocycles. The van der Waals surface area contributed by atoms with Crippen LogP contribution in [0.4, 0.5) is 4.39 Å². The van der Waals surface area contributed by atoms with Gasteiger partial charge in [-0.25, -0.2) is 4.39 Å². The van der Waals surface area contributed by atoms with Crippen LogP contribution in [0.25, 0.3) is 5.76 Å². The summed E-state index contributed by atoms with van der Waals surface area (Å²) in [7, 11) is 5.30. The lowest BCUT2D eigenvalue weighted by Crippen LogP contribution is -2.35. The Balaban J connectivity index is 2.14. The quantitative estimate of drug-likeness (QED) is 0.449. The van der Waals surface area contributed by atoms with Crippen molar-refractivity contribution >= 4 is 17.4 Å². The second-order valence-corrected chi connectivity index (χ2v) is 7.53. The van der Waals surface area contributed by atoms with Crippen molar-refractivity contribution in [2.24, 2.45) is 0 Å². The number of aryl methyl sites for hydroxylation is 1. The van der Waals surface area contributed by atoms with Gasteiger partial charge in [0, 0.05) is 18.7 Å². The van der Waals surface area contributed by atoms with Crippen LogP contribution in [0.2, 0.25) is 0 Å². The number of carbonyl (C=O) groups excluding carboxylic acids is 2. The molecule has 0 saturated carbocycles. The van der Waals surface area contributed by atoms with Gasteiger partial charge in [-0.2, -0.15) is 0 Å². The van der Waals surface area contributed by atoms with Gasteiger partial charge in [0.25, 0.3) is 11.7 Å². The van der Waals surface area contributed by atoms with Crippen LogP contribution in [0, 0.1) is 12.7 Å². The smallest absolute Gasteiger partial charge is 0.295 e. The van der Waals surface area contributed by atoms with Crippen LogP contribution in [-0.4, -0.2) is 60.9 Å². The largest absolute Gasteiger partial charge is 0.507 e. The molecule has 0 bridgehead atoms. The van der Waals surface area contributed by atoms with Crippen molar-refractivity contribution in [3.8, 4) is 5.75 Å². The molecule has 3 rings (SSSR count). The Morgan fingerprint density at radius 1 is 1.17 bits per heavy atom. The average Bonchev–Trinajstić information content (AvgIpc) is 2.98. The SMILES string of the molecule is COc1ccc(C2/C(=C(/O)c3ccc(F)c(C)c3)C(=O)C(=O)N2CCN(C)C)cc1. The van der Waals surface area contributed by atoms with E-state index in [0.29, 0.717) is 30.0 Å².